The number of piperidine rings is 1. The third kappa shape index (κ3) is 1.15. The van der Waals surface area contributed by atoms with Gasteiger partial charge in [0.25, 0.3) is 5.79 Å². The number of aliphatic hydroxyl groups is 3. The van der Waals surface area contributed by atoms with E-state index in [9.17, 15) is 30.5 Å². The molecule has 7 nitrogen and oxygen atoms in total. The van der Waals surface area contributed by atoms with Crippen LogP contribution in [0.15, 0.2) is 0 Å². The third-order valence-corrected chi connectivity index (χ3v) is 3.69. The zero-order valence-electron chi connectivity index (χ0n) is 9.67. The number of hydrogen-bond acceptors (Lipinski definition) is 6. The first-order chi connectivity index (χ1) is 6.82. The minimum absolute atomic E-state index is 1.05. The first kappa shape index (κ1) is 13.5. The van der Waals surface area contributed by atoms with Gasteiger partial charge in [-0.05, 0) is 4.81 Å². The first-order valence-electron chi connectivity index (χ1n) is 4.83. The van der Waals surface area contributed by atoms with Crippen LogP contribution in [0.25, 0.3) is 0 Å². The van der Waals surface area contributed by atoms with Gasteiger partial charge in [0.05, 0.1) is 0 Å². The van der Waals surface area contributed by atoms with E-state index < -0.39 is 33.6 Å². The minimum atomic E-state index is -2.93. The van der Waals surface area contributed by atoms with Crippen LogP contribution in [0, 0.1) is 0 Å². The smallest absolute Gasteiger partial charge is 0.259 e. The molecule has 0 aliphatic carbocycles. The van der Waals surface area contributed by atoms with Crippen molar-refractivity contribution in [1.82, 2.24) is 0 Å². The maximum Gasteiger partial charge on any atom is 0.259 e. The average molecular weight is 236 g/mol. The number of hydroxylamine groups is 4. The van der Waals surface area contributed by atoms with Crippen molar-refractivity contribution in [2.75, 3.05) is 0 Å². The lowest BCUT2D eigenvalue weighted by molar-refractivity contribution is -1.30. The lowest BCUT2D eigenvalue weighted by Gasteiger charge is -2.55. The fourth-order valence-electron chi connectivity index (χ4n) is 1.93. The fraction of sp³-hybridized carbons (Fsp3) is 0.889. The highest BCUT2D eigenvalue weighted by atomic mass is 16.9. The van der Waals surface area contributed by atoms with E-state index >= 15 is 0 Å². The molecule has 0 aromatic rings. The standard InChI is InChI=1S/C9H18NO6/c1-7(2)5(11)6(12)9(13,14)8(3,4)10(7,15)16/h6,12-16H,1-4H3/q+1. The lowest BCUT2D eigenvalue weighted by atomic mass is 9.74. The van der Waals surface area contributed by atoms with Crippen LogP contribution in [0.3, 0.4) is 0 Å². The summed E-state index contributed by atoms with van der Waals surface area (Å²) in [5, 5.41) is 48.6. The molecule has 1 rings (SSSR count). The summed E-state index contributed by atoms with van der Waals surface area (Å²) in [6.45, 7) is 4.67. The predicted molar refractivity (Wildman–Crippen MR) is 50.2 cm³/mol. The largest absolute Gasteiger partial charge is 0.379 e. The molecule has 0 spiro atoms. The van der Waals surface area contributed by atoms with E-state index in [4.69, 9.17) is 0 Å². The fourth-order valence-corrected chi connectivity index (χ4v) is 1.93. The molecule has 0 bridgehead atoms. The Labute approximate surface area is 92.7 Å². The van der Waals surface area contributed by atoms with Crippen LogP contribution in [-0.4, -0.2) is 59.3 Å². The summed E-state index contributed by atoms with van der Waals surface area (Å²) < 4.78 is 0. The molecule has 0 aromatic carbocycles. The Morgan fingerprint density at radius 2 is 1.50 bits per heavy atom. The van der Waals surface area contributed by atoms with Crippen molar-refractivity contribution in [2.45, 2.75) is 50.7 Å². The van der Waals surface area contributed by atoms with Gasteiger partial charge in [-0.2, -0.15) is 10.4 Å². The van der Waals surface area contributed by atoms with Crippen LogP contribution in [0.1, 0.15) is 27.7 Å². The molecule has 1 aliphatic rings. The Morgan fingerprint density at radius 3 is 1.88 bits per heavy atom. The van der Waals surface area contributed by atoms with Gasteiger partial charge in [-0.25, -0.2) is 0 Å². The topological polar surface area (TPSA) is 118 Å². The zero-order valence-corrected chi connectivity index (χ0v) is 9.67. The Balaban J connectivity index is 3.48. The maximum atomic E-state index is 11.7. The number of quaternary nitrogens is 1. The van der Waals surface area contributed by atoms with Crippen molar-refractivity contribution in [3.8, 4) is 0 Å². The number of Topliss-reactive ketones (excluding diaryl/α,β-unsaturated/α-hetero) is 1. The van der Waals surface area contributed by atoms with Crippen LogP contribution in [0.5, 0.6) is 0 Å². The second kappa shape index (κ2) is 3.00. The van der Waals surface area contributed by atoms with E-state index in [1.807, 2.05) is 0 Å². The Morgan fingerprint density at radius 1 is 1.12 bits per heavy atom. The van der Waals surface area contributed by atoms with Gasteiger partial charge in [-0.1, -0.05) is 0 Å². The number of ketones is 1. The molecule has 1 atom stereocenters. The van der Waals surface area contributed by atoms with Crippen LogP contribution in [0.2, 0.25) is 0 Å². The van der Waals surface area contributed by atoms with E-state index in [-0.39, 0.29) is 0 Å². The highest BCUT2D eigenvalue weighted by Crippen LogP contribution is 2.44. The molecule has 1 aliphatic heterocycles. The van der Waals surface area contributed by atoms with Crippen molar-refractivity contribution in [1.29, 1.82) is 0 Å². The summed E-state index contributed by atoms with van der Waals surface area (Å²) in [7, 11) is 0. The van der Waals surface area contributed by atoms with E-state index in [1.165, 1.54) is 13.8 Å². The monoisotopic (exact) mass is 236 g/mol. The van der Waals surface area contributed by atoms with Crippen molar-refractivity contribution in [3.63, 3.8) is 0 Å². The molecule has 1 fully saturated rings. The van der Waals surface area contributed by atoms with Gasteiger partial charge >= 0.3 is 0 Å². The summed E-state index contributed by atoms with van der Waals surface area (Å²) in [6.07, 6.45) is -2.09. The van der Waals surface area contributed by atoms with Crippen molar-refractivity contribution in [2.24, 2.45) is 0 Å². The maximum absolute atomic E-state index is 11.7. The Bertz CT molecular complexity index is 333. The number of carbonyl (C=O) groups excluding carboxylic acids is 1. The highest BCUT2D eigenvalue weighted by Gasteiger charge is 2.76. The molecular formula is C9H18NO6+. The van der Waals surface area contributed by atoms with Gasteiger partial charge in [0, 0.05) is 27.7 Å². The number of carbonyl (C=O) groups is 1. The number of nitrogens with zero attached hydrogens (tertiary/aromatic N) is 1. The van der Waals surface area contributed by atoms with Crippen molar-refractivity contribution < 1.29 is 35.3 Å². The van der Waals surface area contributed by atoms with Crippen molar-refractivity contribution in [3.05, 3.63) is 0 Å². The molecule has 7 heteroatoms. The van der Waals surface area contributed by atoms with E-state index in [2.05, 4.69) is 0 Å². The molecule has 1 unspecified atom stereocenters. The Hall–Kier alpha value is -0.570. The summed E-state index contributed by atoms with van der Waals surface area (Å²) in [5.41, 5.74) is -3.72. The van der Waals surface area contributed by atoms with Gasteiger partial charge in [-0.15, -0.1) is 0 Å². The minimum Gasteiger partial charge on any atom is -0.379 e. The zero-order chi connectivity index (χ0) is 13.2. The summed E-state index contributed by atoms with van der Waals surface area (Å²) in [6, 6.07) is 0. The summed E-state index contributed by atoms with van der Waals surface area (Å²) in [5.74, 6) is -3.98. The molecule has 16 heavy (non-hydrogen) atoms. The lowest BCUT2D eigenvalue weighted by Crippen LogP contribution is -2.85. The molecule has 1 saturated heterocycles. The van der Waals surface area contributed by atoms with Crippen LogP contribution in [-0.2, 0) is 4.79 Å². The normalized spacial score (nSPS) is 34.8. The van der Waals surface area contributed by atoms with Crippen LogP contribution in [0.4, 0.5) is 0 Å². The third-order valence-electron chi connectivity index (χ3n) is 3.69. The SMILES string of the molecule is CC1(C)C(=O)C(O)C(O)(O)C(C)(C)[N+]1(O)O. The summed E-state index contributed by atoms with van der Waals surface area (Å²) >= 11 is 0. The molecule has 5 N–H and O–H groups in total. The molecule has 0 saturated carbocycles. The van der Waals surface area contributed by atoms with Gasteiger partial charge < -0.3 is 15.3 Å². The number of aliphatic hydroxyl groups excluding tert-OH is 1. The Kier molecular flexibility index (Phi) is 2.53. The average Bonchev–Trinajstić information content (AvgIpc) is 2.12. The van der Waals surface area contributed by atoms with Crippen molar-refractivity contribution >= 4 is 5.78 Å². The van der Waals surface area contributed by atoms with Gasteiger partial charge in [0.15, 0.2) is 6.10 Å². The predicted octanol–water partition coefficient (Wildman–Crippen LogP) is -1.24. The molecule has 94 valence electrons. The summed E-state index contributed by atoms with van der Waals surface area (Å²) in [4.78, 5) is 9.75. The van der Waals surface area contributed by atoms with Crippen LogP contribution < -0.4 is 0 Å². The number of hydrogen-bond donors (Lipinski definition) is 5. The molecular weight excluding hydrogens is 218 g/mol. The number of rotatable bonds is 0. The molecule has 1 heterocycles. The van der Waals surface area contributed by atoms with Crippen LogP contribution >= 0.6 is 0 Å². The van der Waals surface area contributed by atoms with Gasteiger partial charge in [-0.3, -0.25) is 4.79 Å². The highest BCUT2D eigenvalue weighted by molar-refractivity contribution is 5.91. The van der Waals surface area contributed by atoms with E-state index in [1.54, 1.807) is 0 Å². The van der Waals surface area contributed by atoms with Gasteiger partial charge in [0.2, 0.25) is 16.9 Å². The second-order valence-electron chi connectivity index (χ2n) is 5.21. The molecule has 0 aromatic heterocycles. The van der Waals surface area contributed by atoms with E-state index in [0.29, 0.717) is 0 Å². The quantitative estimate of drug-likeness (QED) is 0.265. The first-order valence-corrected chi connectivity index (χ1v) is 4.83. The van der Waals surface area contributed by atoms with E-state index in [0.717, 1.165) is 13.8 Å². The molecule has 0 amide bonds. The molecule has 0 radical (unpaired) electrons. The van der Waals surface area contributed by atoms with Gasteiger partial charge in [0.1, 0.15) is 0 Å². The second-order valence-corrected chi connectivity index (χ2v) is 5.21.